The molecule has 0 spiro atoms. The Morgan fingerprint density at radius 3 is 2.88 bits per heavy atom. The second-order valence-electron chi connectivity index (χ2n) is 5.79. The van der Waals surface area contributed by atoms with E-state index in [1.807, 2.05) is 48.5 Å². The van der Waals surface area contributed by atoms with E-state index in [0.29, 0.717) is 18.1 Å². The fourth-order valence-corrected chi connectivity index (χ4v) is 4.20. The second-order valence-corrected chi connectivity index (χ2v) is 7.73. The maximum absolute atomic E-state index is 12.7. The molecular weight excluding hydrogens is 402 g/mol. The van der Waals surface area contributed by atoms with Crippen molar-refractivity contribution in [2.45, 2.75) is 6.42 Å². The number of amides is 2. The molecular formula is C18H14BrN3O2S. The minimum atomic E-state index is -0.675. The molecule has 1 unspecified atom stereocenters. The van der Waals surface area contributed by atoms with E-state index in [1.165, 1.54) is 11.3 Å². The van der Waals surface area contributed by atoms with E-state index in [1.54, 1.807) is 4.90 Å². The molecule has 0 saturated carbocycles. The fraction of sp³-hybridized carbons (Fsp3) is 0.167. The Balaban J connectivity index is 1.50. The van der Waals surface area contributed by atoms with Crippen molar-refractivity contribution in [3.8, 4) is 0 Å². The van der Waals surface area contributed by atoms with Crippen molar-refractivity contribution >= 4 is 60.1 Å². The number of carbonyl (C=O) groups excluding carboxylic acids is 2. The van der Waals surface area contributed by atoms with Crippen molar-refractivity contribution in [3.63, 3.8) is 0 Å². The summed E-state index contributed by atoms with van der Waals surface area (Å²) in [5.41, 5.74) is 1.64. The number of nitrogens with one attached hydrogen (secondary N) is 1. The van der Waals surface area contributed by atoms with Gasteiger partial charge in [0.25, 0.3) is 0 Å². The summed E-state index contributed by atoms with van der Waals surface area (Å²) in [4.78, 5) is 31.3. The standard InChI is InChI=1S/C18H14BrN3O2S/c19-11-4-3-5-12(10-11)22-9-8-13(17(22)24)16(23)21-18-20-14-6-1-2-7-15(14)25-18/h1-7,10,13H,8-9H2,(H,20,21,23). The Kier molecular flexibility index (Phi) is 4.27. The number of anilines is 2. The number of aromatic nitrogens is 1. The summed E-state index contributed by atoms with van der Waals surface area (Å²) in [5.74, 6) is -1.13. The first kappa shape index (κ1) is 16.2. The minimum absolute atomic E-state index is 0.170. The molecule has 0 aliphatic carbocycles. The van der Waals surface area contributed by atoms with Gasteiger partial charge in [-0.2, -0.15) is 0 Å². The lowest BCUT2D eigenvalue weighted by Crippen LogP contribution is -2.33. The molecule has 1 fully saturated rings. The third-order valence-electron chi connectivity index (χ3n) is 4.17. The highest BCUT2D eigenvalue weighted by Gasteiger charge is 2.37. The zero-order valence-electron chi connectivity index (χ0n) is 13.1. The number of nitrogens with zero attached hydrogens (tertiary/aromatic N) is 2. The summed E-state index contributed by atoms with van der Waals surface area (Å²) < 4.78 is 1.91. The monoisotopic (exact) mass is 415 g/mol. The highest BCUT2D eigenvalue weighted by atomic mass is 79.9. The van der Waals surface area contributed by atoms with Crippen LogP contribution in [0.1, 0.15) is 6.42 Å². The molecule has 3 aromatic rings. The Morgan fingerprint density at radius 2 is 2.08 bits per heavy atom. The number of hydrogen-bond acceptors (Lipinski definition) is 4. The van der Waals surface area contributed by atoms with Crippen LogP contribution in [0.25, 0.3) is 10.2 Å². The van der Waals surface area contributed by atoms with Crippen molar-refractivity contribution in [2.75, 3.05) is 16.8 Å². The Bertz CT molecular complexity index is 939. The summed E-state index contributed by atoms with van der Waals surface area (Å²) in [6.45, 7) is 0.535. The lowest BCUT2D eigenvalue weighted by molar-refractivity contribution is -0.129. The third-order valence-corrected chi connectivity index (χ3v) is 5.61. The molecule has 1 aromatic heterocycles. The number of fused-ring (bicyclic) bond motifs is 1. The number of para-hydroxylation sites is 1. The number of hydrogen-bond donors (Lipinski definition) is 1. The van der Waals surface area contributed by atoms with Gasteiger partial charge in [0, 0.05) is 16.7 Å². The highest BCUT2D eigenvalue weighted by molar-refractivity contribution is 9.10. The van der Waals surface area contributed by atoms with Gasteiger partial charge < -0.3 is 10.2 Å². The number of rotatable bonds is 3. The van der Waals surface area contributed by atoms with Crippen molar-refractivity contribution in [1.82, 2.24) is 4.98 Å². The van der Waals surface area contributed by atoms with Gasteiger partial charge in [0.1, 0.15) is 5.92 Å². The molecule has 1 aliphatic rings. The number of halogens is 1. The van der Waals surface area contributed by atoms with E-state index < -0.39 is 5.92 Å². The van der Waals surface area contributed by atoms with Gasteiger partial charge >= 0.3 is 0 Å². The molecule has 5 nitrogen and oxygen atoms in total. The maximum atomic E-state index is 12.7. The quantitative estimate of drug-likeness (QED) is 0.656. The molecule has 126 valence electrons. The molecule has 0 bridgehead atoms. The van der Waals surface area contributed by atoms with E-state index in [-0.39, 0.29) is 11.8 Å². The molecule has 0 radical (unpaired) electrons. The van der Waals surface area contributed by atoms with E-state index in [9.17, 15) is 9.59 Å². The summed E-state index contributed by atoms with van der Waals surface area (Å²) in [5, 5.41) is 3.33. The van der Waals surface area contributed by atoms with Gasteiger partial charge in [0.05, 0.1) is 10.2 Å². The Hall–Kier alpha value is -2.25. The van der Waals surface area contributed by atoms with Gasteiger partial charge in [-0.15, -0.1) is 0 Å². The molecule has 1 saturated heterocycles. The lowest BCUT2D eigenvalue weighted by atomic mass is 10.1. The van der Waals surface area contributed by atoms with Gasteiger partial charge in [0.2, 0.25) is 11.8 Å². The van der Waals surface area contributed by atoms with Crippen LogP contribution in [0.3, 0.4) is 0 Å². The van der Waals surface area contributed by atoms with Crippen LogP contribution < -0.4 is 10.2 Å². The molecule has 1 atom stereocenters. The number of carbonyl (C=O) groups is 2. The van der Waals surface area contributed by atoms with Gasteiger partial charge in [0.15, 0.2) is 5.13 Å². The lowest BCUT2D eigenvalue weighted by Gasteiger charge is -2.16. The summed E-state index contributed by atoms with van der Waals surface area (Å²) in [7, 11) is 0. The average Bonchev–Trinajstić information content (AvgIpc) is 3.17. The second kappa shape index (κ2) is 6.57. The van der Waals surface area contributed by atoms with Crippen molar-refractivity contribution in [2.24, 2.45) is 5.92 Å². The van der Waals surface area contributed by atoms with E-state index >= 15 is 0 Å². The number of benzene rings is 2. The van der Waals surface area contributed by atoms with Crippen LogP contribution in [0.5, 0.6) is 0 Å². The van der Waals surface area contributed by atoms with E-state index in [2.05, 4.69) is 26.2 Å². The van der Waals surface area contributed by atoms with Gasteiger partial charge in [-0.3, -0.25) is 9.59 Å². The van der Waals surface area contributed by atoms with Crippen LogP contribution >= 0.6 is 27.3 Å². The smallest absolute Gasteiger partial charge is 0.239 e. The molecule has 1 N–H and O–H groups in total. The van der Waals surface area contributed by atoms with Crippen LogP contribution in [-0.4, -0.2) is 23.3 Å². The molecule has 4 rings (SSSR count). The molecule has 25 heavy (non-hydrogen) atoms. The molecule has 2 aromatic carbocycles. The van der Waals surface area contributed by atoms with Crippen molar-refractivity contribution in [3.05, 3.63) is 53.0 Å². The topological polar surface area (TPSA) is 62.3 Å². The molecule has 7 heteroatoms. The Labute approximate surface area is 156 Å². The predicted octanol–water partition coefficient (Wildman–Crippen LogP) is 4.05. The summed E-state index contributed by atoms with van der Waals surface area (Å²) >= 11 is 4.82. The largest absolute Gasteiger partial charge is 0.312 e. The highest BCUT2D eigenvalue weighted by Crippen LogP contribution is 2.30. The van der Waals surface area contributed by atoms with E-state index in [4.69, 9.17) is 0 Å². The normalized spacial score (nSPS) is 17.2. The average molecular weight is 416 g/mol. The molecule has 2 amide bonds. The van der Waals surface area contributed by atoms with Crippen molar-refractivity contribution in [1.29, 1.82) is 0 Å². The van der Waals surface area contributed by atoms with E-state index in [0.717, 1.165) is 20.4 Å². The van der Waals surface area contributed by atoms with Crippen LogP contribution in [0.15, 0.2) is 53.0 Å². The number of thiazole rings is 1. The van der Waals surface area contributed by atoms with Crippen LogP contribution in [0.2, 0.25) is 0 Å². The first-order valence-electron chi connectivity index (χ1n) is 7.85. The van der Waals surface area contributed by atoms with Crippen LogP contribution in [-0.2, 0) is 9.59 Å². The molecule has 2 heterocycles. The van der Waals surface area contributed by atoms with Gasteiger partial charge in [-0.1, -0.05) is 45.5 Å². The summed E-state index contributed by atoms with van der Waals surface area (Å²) in [6.07, 6.45) is 0.502. The van der Waals surface area contributed by atoms with Gasteiger partial charge in [-0.05, 0) is 36.8 Å². The third kappa shape index (κ3) is 3.17. The van der Waals surface area contributed by atoms with Gasteiger partial charge in [-0.25, -0.2) is 4.98 Å². The maximum Gasteiger partial charge on any atom is 0.239 e. The Morgan fingerprint density at radius 1 is 1.24 bits per heavy atom. The minimum Gasteiger partial charge on any atom is -0.312 e. The summed E-state index contributed by atoms with van der Waals surface area (Å²) in [6, 6.07) is 15.2. The molecule has 1 aliphatic heterocycles. The van der Waals surface area contributed by atoms with Crippen LogP contribution in [0.4, 0.5) is 10.8 Å². The zero-order chi connectivity index (χ0) is 17.4. The first-order valence-corrected chi connectivity index (χ1v) is 9.46. The SMILES string of the molecule is O=C(Nc1nc2ccccc2s1)C1CCN(c2cccc(Br)c2)C1=O. The predicted molar refractivity (Wildman–Crippen MR) is 103 cm³/mol. The van der Waals surface area contributed by atoms with Crippen LogP contribution in [0, 0.1) is 5.92 Å². The van der Waals surface area contributed by atoms with Crippen molar-refractivity contribution < 1.29 is 9.59 Å². The fourth-order valence-electron chi connectivity index (χ4n) is 2.94. The zero-order valence-corrected chi connectivity index (χ0v) is 15.5. The first-order chi connectivity index (χ1) is 12.1.